The molecule has 0 heterocycles. The molecule has 0 aliphatic heterocycles. The first-order valence-corrected chi connectivity index (χ1v) is 7.12. The minimum atomic E-state index is 0.183. The summed E-state index contributed by atoms with van der Waals surface area (Å²) in [5.74, 6) is 0.183. The van der Waals surface area contributed by atoms with Gasteiger partial charge in [0.25, 0.3) is 0 Å². The van der Waals surface area contributed by atoms with Gasteiger partial charge in [0.2, 0.25) is 5.91 Å². The van der Waals surface area contributed by atoms with Gasteiger partial charge in [0.05, 0.1) is 6.42 Å². The number of aryl methyl sites for hydroxylation is 2. The number of nitrogens with zero attached hydrogens (tertiary/aromatic N) is 1. The Bertz CT molecular complexity index is 415. The Balaban J connectivity index is 2.66. The topological polar surface area (TPSA) is 46.3 Å². The Hall–Kier alpha value is -1.35. The number of benzene rings is 1. The molecule has 0 saturated carbocycles. The molecule has 1 rings (SSSR count). The van der Waals surface area contributed by atoms with Crippen molar-refractivity contribution in [3.8, 4) is 0 Å². The summed E-state index contributed by atoms with van der Waals surface area (Å²) in [6.45, 7) is 8.30. The van der Waals surface area contributed by atoms with E-state index in [1.807, 2.05) is 11.0 Å². The molecular formula is C16H26N2O. The smallest absolute Gasteiger partial charge is 0.227 e. The molecular weight excluding hydrogens is 236 g/mol. The van der Waals surface area contributed by atoms with Crippen LogP contribution in [0.5, 0.6) is 0 Å². The molecule has 0 aromatic heterocycles. The Morgan fingerprint density at radius 3 is 2.53 bits per heavy atom. The van der Waals surface area contributed by atoms with Crippen molar-refractivity contribution in [3.63, 3.8) is 0 Å². The molecule has 0 radical (unpaired) electrons. The van der Waals surface area contributed by atoms with Crippen molar-refractivity contribution < 1.29 is 4.79 Å². The Labute approximate surface area is 116 Å². The number of unbranched alkanes of at least 4 members (excludes halogenated alkanes) is 1. The van der Waals surface area contributed by atoms with E-state index in [1.165, 1.54) is 11.1 Å². The van der Waals surface area contributed by atoms with Crippen LogP contribution < -0.4 is 5.73 Å². The van der Waals surface area contributed by atoms with E-state index in [-0.39, 0.29) is 5.91 Å². The van der Waals surface area contributed by atoms with E-state index in [0.717, 1.165) is 24.9 Å². The van der Waals surface area contributed by atoms with Gasteiger partial charge in [-0.3, -0.25) is 4.79 Å². The fourth-order valence-electron chi connectivity index (χ4n) is 2.07. The van der Waals surface area contributed by atoms with Crippen molar-refractivity contribution >= 4 is 5.91 Å². The van der Waals surface area contributed by atoms with Gasteiger partial charge < -0.3 is 10.6 Å². The number of rotatable bonds is 7. The summed E-state index contributed by atoms with van der Waals surface area (Å²) in [7, 11) is 0. The lowest BCUT2D eigenvalue weighted by atomic mass is 10.0. The van der Waals surface area contributed by atoms with Gasteiger partial charge >= 0.3 is 0 Å². The van der Waals surface area contributed by atoms with Crippen LogP contribution >= 0.6 is 0 Å². The SMILES string of the molecule is CCCCN(CCN)C(=O)Cc1ccc(C)c(C)c1. The second kappa shape index (κ2) is 7.95. The van der Waals surface area contributed by atoms with E-state index in [9.17, 15) is 4.79 Å². The maximum absolute atomic E-state index is 12.3. The van der Waals surface area contributed by atoms with Crippen LogP contribution in [-0.4, -0.2) is 30.4 Å². The molecule has 0 aliphatic carbocycles. The molecule has 0 fully saturated rings. The van der Waals surface area contributed by atoms with Crippen LogP contribution in [0.3, 0.4) is 0 Å². The van der Waals surface area contributed by atoms with Crippen molar-refractivity contribution in [3.05, 3.63) is 34.9 Å². The highest BCUT2D eigenvalue weighted by Gasteiger charge is 2.13. The molecule has 1 aromatic rings. The van der Waals surface area contributed by atoms with Gasteiger partial charge in [-0.15, -0.1) is 0 Å². The average molecular weight is 262 g/mol. The summed E-state index contributed by atoms with van der Waals surface area (Å²) in [6, 6.07) is 6.23. The number of carbonyl (C=O) groups is 1. The van der Waals surface area contributed by atoms with Gasteiger partial charge in [0, 0.05) is 19.6 Å². The largest absolute Gasteiger partial charge is 0.341 e. The van der Waals surface area contributed by atoms with Crippen molar-refractivity contribution in [2.45, 2.75) is 40.0 Å². The minimum Gasteiger partial charge on any atom is -0.341 e. The molecule has 2 N–H and O–H groups in total. The number of hydrogen-bond donors (Lipinski definition) is 1. The summed E-state index contributed by atoms with van der Waals surface area (Å²) >= 11 is 0. The third-order valence-electron chi connectivity index (χ3n) is 3.46. The lowest BCUT2D eigenvalue weighted by Gasteiger charge is -2.22. The molecule has 1 aromatic carbocycles. The molecule has 19 heavy (non-hydrogen) atoms. The van der Waals surface area contributed by atoms with E-state index in [2.05, 4.69) is 32.9 Å². The van der Waals surface area contributed by atoms with E-state index in [4.69, 9.17) is 5.73 Å². The predicted octanol–water partition coefficient (Wildman–Crippen LogP) is 2.43. The van der Waals surface area contributed by atoms with Crippen LogP contribution in [0.25, 0.3) is 0 Å². The number of carbonyl (C=O) groups excluding carboxylic acids is 1. The number of hydrogen-bond acceptors (Lipinski definition) is 2. The van der Waals surface area contributed by atoms with E-state index >= 15 is 0 Å². The lowest BCUT2D eigenvalue weighted by molar-refractivity contribution is -0.130. The first kappa shape index (κ1) is 15.7. The molecule has 0 spiro atoms. The van der Waals surface area contributed by atoms with Crippen molar-refractivity contribution in [2.75, 3.05) is 19.6 Å². The van der Waals surface area contributed by atoms with Gasteiger partial charge in [-0.25, -0.2) is 0 Å². The Kier molecular flexibility index (Phi) is 6.57. The zero-order valence-corrected chi connectivity index (χ0v) is 12.4. The highest BCUT2D eigenvalue weighted by Crippen LogP contribution is 2.11. The summed E-state index contributed by atoms with van der Waals surface area (Å²) in [4.78, 5) is 14.2. The third-order valence-corrected chi connectivity index (χ3v) is 3.46. The van der Waals surface area contributed by atoms with Crippen LogP contribution in [0.1, 0.15) is 36.5 Å². The lowest BCUT2D eigenvalue weighted by Crippen LogP contribution is -2.37. The molecule has 0 atom stereocenters. The number of nitrogens with two attached hydrogens (primary N) is 1. The molecule has 1 amide bonds. The van der Waals surface area contributed by atoms with Crippen LogP contribution in [-0.2, 0) is 11.2 Å². The minimum absolute atomic E-state index is 0.183. The summed E-state index contributed by atoms with van der Waals surface area (Å²) in [5.41, 5.74) is 9.18. The Morgan fingerprint density at radius 2 is 1.95 bits per heavy atom. The summed E-state index contributed by atoms with van der Waals surface area (Å²) < 4.78 is 0. The predicted molar refractivity (Wildman–Crippen MR) is 80.2 cm³/mol. The van der Waals surface area contributed by atoms with Crippen LogP contribution in [0.2, 0.25) is 0 Å². The highest BCUT2D eigenvalue weighted by atomic mass is 16.2. The van der Waals surface area contributed by atoms with Crippen LogP contribution in [0.15, 0.2) is 18.2 Å². The van der Waals surface area contributed by atoms with E-state index < -0.39 is 0 Å². The molecule has 0 bridgehead atoms. The standard InChI is InChI=1S/C16H26N2O/c1-4-5-9-18(10-8-17)16(19)12-15-7-6-13(2)14(3)11-15/h6-7,11H,4-5,8-10,12,17H2,1-3H3. The molecule has 3 nitrogen and oxygen atoms in total. The first-order chi connectivity index (χ1) is 9.08. The van der Waals surface area contributed by atoms with E-state index in [0.29, 0.717) is 19.5 Å². The zero-order chi connectivity index (χ0) is 14.3. The van der Waals surface area contributed by atoms with E-state index in [1.54, 1.807) is 0 Å². The second-order valence-electron chi connectivity index (χ2n) is 5.12. The number of amides is 1. The highest BCUT2D eigenvalue weighted by molar-refractivity contribution is 5.78. The maximum atomic E-state index is 12.3. The van der Waals surface area contributed by atoms with Gasteiger partial charge in [-0.1, -0.05) is 31.5 Å². The van der Waals surface area contributed by atoms with Crippen LogP contribution in [0.4, 0.5) is 0 Å². The van der Waals surface area contributed by atoms with Crippen LogP contribution in [0, 0.1) is 13.8 Å². The normalized spacial score (nSPS) is 10.5. The molecule has 0 aliphatic rings. The van der Waals surface area contributed by atoms with Gasteiger partial charge in [-0.2, -0.15) is 0 Å². The zero-order valence-electron chi connectivity index (χ0n) is 12.4. The fraction of sp³-hybridized carbons (Fsp3) is 0.562. The summed E-state index contributed by atoms with van der Waals surface area (Å²) in [5, 5.41) is 0. The Morgan fingerprint density at radius 1 is 1.21 bits per heavy atom. The molecule has 3 heteroatoms. The third kappa shape index (κ3) is 5.03. The molecule has 0 saturated heterocycles. The summed E-state index contributed by atoms with van der Waals surface area (Å²) in [6.07, 6.45) is 2.61. The molecule has 106 valence electrons. The quantitative estimate of drug-likeness (QED) is 0.820. The van der Waals surface area contributed by atoms with Gasteiger partial charge in [0.15, 0.2) is 0 Å². The van der Waals surface area contributed by atoms with Gasteiger partial charge in [0.1, 0.15) is 0 Å². The first-order valence-electron chi connectivity index (χ1n) is 7.12. The molecule has 0 unspecified atom stereocenters. The van der Waals surface area contributed by atoms with Crippen molar-refractivity contribution in [2.24, 2.45) is 5.73 Å². The second-order valence-corrected chi connectivity index (χ2v) is 5.12. The average Bonchev–Trinajstić information content (AvgIpc) is 2.38. The van der Waals surface area contributed by atoms with Gasteiger partial charge in [-0.05, 0) is 37.0 Å². The van der Waals surface area contributed by atoms with Crippen molar-refractivity contribution in [1.29, 1.82) is 0 Å². The maximum Gasteiger partial charge on any atom is 0.227 e. The fourth-order valence-corrected chi connectivity index (χ4v) is 2.07. The monoisotopic (exact) mass is 262 g/mol. The van der Waals surface area contributed by atoms with Crippen molar-refractivity contribution in [1.82, 2.24) is 4.90 Å².